The summed E-state index contributed by atoms with van der Waals surface area (Å²) in [4.78, 5) is 4.23. The molecule has 0 saturated carbocycles. The number of fused-ring (bicyclic) bond motifs is 1. The number of aryl methyl sites for hydroxylation is 1. The van der Waals surface area contributed by atoms with E-state index in [1.807, 2.05) is 0 Å². The van der Waals surface area contributed by atoms with Crippen LogP contribution in [0.1, 0.15) is 30.9 Å². The van der Waals surface area contributed by atoms with E-state index in [4.69, 9.17) is 5.73 Å². The van der Waals surface area contributed by atoms with Crippen molar-refractivity contribution in [2.75, 3.05) is 5.32 Å². The van der Waals surface area contributed by atoms with Crippen LogP contribution in [0.25, 0.3) is 0 Å². The van der Waals surface area contributed by atoms with Gasteiger partial charge < -0.3 is 20.4 Å². The maximum Gasteiger partial charge on any atom is 0.573 e. The predicted molar refractivity (Wildman–Crippen MR) is 89.7 cm³/mol. The quantitative estimate of drug-likeness (QED) is 0.640. The zero-order chi connectivity index (χ0) is 18.6. The summed E-state index contributed by atoms with van der Waals surface area (Å²) >= 11 is 0. The molecule has 3 N–H and O–H groups in total. The summed E-state index contributed by atoms with van der Waals surface area (Å²) in [5, 5.41) is 11.2. The van der Waals surface area contributed by atoms with Crippen molar-refractivity contribution in [1.29, 1.82) is 0 Å². The summed E-state index contributed by atoms with van der Waals surface area (Å²) in [6.45, 7) is 1.16. The van der Waals surface area contributed by atoms with E-state index < -0.39 is 6.36 Å². The van der Waals surface area contributed by atoms with Crippen molar-refractivity contribution in [3.63, 3.8) is 0 Å². The second-order valence-corrected chi connectivity index (χ2v) is 5.89. The monoisotopic (exact) mass is 368 g/mol. The lowest BCUT2D eigenvalue weighted by atomic mass is 10.2. The molecular formula is C16H19F3N6O. The van der Waals surface area contributed by atoms with E-state index in [1.54, 1.807) is 0 Å². The molecule has 0 atom stereocenters. The number of nitrogens with zero attached hydrogens (tertiary/aromatic N) is 4. The van der Waals surface area contributed by atoms with Crippen LogP contribution in [0.3, 0.4) is 0 Å². The lowest BCUT2D eigenvalue weighted by Crippen LogP contribution is -2.23. The van der Waals surface area contributed by atoms with Gasteiger partial charge in [0.2, 0.25) is 0 Å². The molecule has 1 aromatic heterocycles. The van der Waals surface area contributed by atoms with E-state index >= 15 is 0 Å². The maximum atomic E-state index is 12.1. The molecule has 1 aliphatic heterocycles. The summed E-state index contributed by atoms with van der Waals surface area (Å²) in [6, 6.07) is 5.24. The molecule has 0 aliphatic carbocycles. The minimum Gasteiger partial charge on any atom is -0.406 e. The van der Waals surface area contributed by atoms with Gasteiger partial charge in [-0.15, -0.1) is 23.4 Å². The molecule has 1 aliphatic rings. The fourth-order valence-corrected chi connectivity index (χ4v) is 2.75. The van der Waals surface area contributed by atoms with Crippen LogP contribution in [0.15, 0.2) is 29.3 Å². The average Bonchev–Trinajstić information content (AvgIpc) is 2.80. The van der Waals surface area contributed by atoms with Crippen molar-refractivity contribution >= 4 is 11.6 Å². The number of alkyl halides is 3. The molecule has 0 saturated heterocycles. The van der Waals surface area contributed by atoms with E-state index in [-0.39, 0.29) is 18.3 Å². The molecule has 0 radical (unpaired) electrons. The summed E-state index contributed by atoms with van der Waals surface area (Å²) in [5.74, 6) is 1.56. The smallest absolute Gasteiger partial charge is 0.406 e. The van der Waals surface area contributed by atoms with Crippen molar-refractivity contribution in [1.82, 2.24) is 14.8 Å². The number of benzene rings is 1. The second kappa shape index (κ2) is 7.63. The van der Waals surface area contributed by atoms with Crippen molar-refractivity contribution in [3.05, 3.63) is 35.9 Å². The Morgan fingerprint density at radius 3 is 2.69 bits per heavy atom. The van der Waals surface area contributed by atoms with E-state index in [0.717, 1.165) is 37.5 Å². The van der Waals surface area contributed by atoms with Gasteiger partial charge in [-0.05, 0) is 37.1 Å². The second-order valence-electron chi connectivity index (χ2n) is 5.89. The number of aliphatic imine (C=N–C) groups is 1. The fourth-order valence-electron chi connectivity index (χ4n) is 2.75. The molecule has 0 spiro atoms. The van der Waals surface area contributed by atoms with Gasteiger partial charge in [-0.2, -0.15) is 0 Å². The van der Waals surface area contributed by atoms with E-state index in [9.17, 15) is 13.2 Å². The van der Waals surface area contributed by atoms with Crippen LogP contribution < -0.4 is 15.8 Å². The Kier molecular flexibility index (Phi) is 5.29. The van der Waals surface area contributed by atoms with Gasteiger partial charge in [-0.25, -0.2) is 4.99 Å². The van der Waals surface area contributed by atoms with Gasteiger partial charge in [0.05, 0.1) is 0 Å². The molecule has 3 rings (SSSR count). The first kappa shape index (κ1) is 18.0. The van der Waals surface area contributed by atoms with E-state index in [0.29, 0.717) is 5.69 Å². The normalized spacial score (nSPS) is 15.3. The number of nitrogens with one attached hydrogen (secondary N) is 1. The molecule has 0 amide bonds. The number of halogens is 3. The number of hydrogen-bond acceptors (Lipinski definition) is 4. The van der Waals surface area contributed by atoms with Crippen molar-refractivity contribution in [2.45, 2.75) is 45.1 Å². The molecule has 140 valence electrons. The topological polar surface area (TPSA) is 90.4 Å². The fraction of sp³-hybridized carbons (Fsp3) is 0.438. The van der Waals surface area contributed by atoms with Gasteiger partial charge in [0.25, 0.3) is 0 Å². The molecule has 0 fully saturated rings. The Morgan fingerprint density at radius 2 is 1.96 bits per heavy atom. The van der Waals surface area contributed by atoms with Gasteiger partial charge in [-0.3, -0.25) is 0 Å². The number of rotatable bonds is 4. The third kappa shape index (κ3) is 4.87. The van der Waals surface area contributed by atoms with Crippen LogP contribution in [-0.4, -0.2) is 27.1 Å². The van der Waals surface area contributed by atoms with Gasteiger partial charge >= 0.3 is 6.36 Å². The predicted octanol–water partition coefficient (Wildman–Crippen LogP) is 2.83. The van der Waals surface area contributed by atoms with Crippen LogP contribution >= 0.6 is 0 Å². The molecule has 26 heavy (non-hydrogen) atoms. The van der Waals surface area contributed by atoms with Gasteiger partial charge in [0, 0.05) is 18.7 Å². The largest absolute Gasteiger partial charge is 0.573 e. The zero-order valence-corrected chi connectivity index (χ0v) is 14.0. The molecule has 2 heterocycles. The molecule has 1 aromatic carbocycles. The van der Waals surface area contributed by atoms with E-state index in [1.165, 1.54) is 30.7 Å². The molecular weight excluding hydrogens is 349 g/mol. The Bertz CT molecular complexity index is 769. The average molecular weight is 368 g/mol. The standard InChI is InChI=1S/C16H19F3N6O/c17-16(18,19)26-12-7-5-11(6-8-12)22-15(20)21-10-14-24-23-13-4-2-1-3-9-25(13)14/h5-8H,1-4,9-10H2,(H3,20,21,22). The molecule has 7 nitrogen and oxygen atoms in total. The molecule has 10 heteroatoms. The minimum atomic E-state index is -4.72. The highest BCUT2D eigenvalue weighted by Gasteiger charge is 2.30. The Balaban J connectivity index is 1.60. The summed E-state index contributed by atoms with van der Waals surface area (Å²) in [6.07, 6.45) is -0.437. The third-order valence-electron chi connectivity index (χ3n) is 3.94. The summed E-state index contributed by atoms with van der Waals surface area (Å²) < 4.78 is 42.3. The van der Waals surface area contributed by atoms with E-state index in [2.05, 4.69) is 29.8 Å². The highest BCUT2D eigenvalue weighted by molar-refractivity contribution is 5.92. The van der Waals surface area contributed by atoms with Gasteiger partial charge in [0.15, 0.2) is 11.8 Å². The van der Waals surface area contributed by atoms with Crippen LogP contribution in [0.4, 0.5) is 18.9 Å². The number of ether oxygens (including phenoxy) is 1. The highest BCUT2D eigenvalue weighted by atomic mass is 19.4. The lowest BCUT2D eigenvalue weighted by molar-refractivity contribution is -0.274. The first-order chi connectivity index (χ1) is 12.4. The minimum absolute atomic E-state index is 0.139. The van der Waals surface area contributed by atoms with Crippen molar-refractivity contribution < 1.29 is 17.9 Å². The van der Waals surface area contributed by atoms with Crippen molar-refractivity contribution in [2.24, 2.45) is 10.7 Å². The maximum absolute atomic E-state index is 12.1. The van der Waals surface area contributed by atoms with Crippen LogP contribution in [0, 0.1) is 0 Å². The number of hydrogen-bond donors (Lipinski definition) is 2. The van der Waals surface area contributed by atoms with Crippen LogP contribution in [-0.2, 0) is 19.5 Å². The third-order valence-corrected chi connectivity index (χ3v) is 3.94. The SMILES string of the molecule is NC(=NCc1nnc2n1CCCCC2)Nc1ccc(OC(F)(F)F)cc1. The molecule has 0 bridgehead atoms. The number of anilines is 1. The first-order valence-electron chi connectivity index (χ1n) is 8.24. The van der Waals surface area contributed by atoms with Crippen molar-refractivity contribution in [3.8, 4) is 5.75 Å². The Morgan fingerprint density at radius 1 is 1.19 bits per heavy atom. The number of aromatic nitrogens is 3. The number of guanidine groups is 1. The van der Waals surface area contributed by atoms with Gasteiger partial charge in [-0.1, -0.05) is 6.42 Å². The Labute approximate surface area is 148 Å². The zero-order valence-electron chi connectivity index (χ0n) is 14.0. The lowest BCUT2D eigenvalue weighted by Gasteiger charge is -2.10. The Hall–Kier alpha value is -2.78. The number of nitrogens with two attached hydrogens (primary N) is 1. The summed E-state index contributed by atoms with van der Waals surface area (Å²) in [5.41, 5.74) is 6.34. The van der Waals surface area contributed by atoms with Crippen LogP contribution in [0.2, 0.25) is 0 Å². The van der Waals surface area contributed by atoms with Gasteiger partial charge in [0.1, 0.15) is 18.1 Å². The van der Waals surface area contributed by atoms with Crippen LogP contribution in [0.5, 0.6) is 5.75 Å². The molecule has 0 unspecified atom stereocenters. The first-order valence-corrected chi connectivity index (χ1v) is 8.24. The highest BCUT2D eigenvalue weighted by Crippen LogP contribution is 2.23. The molecule has 2 aromatic rings. The summed E-state index contributed by atoms with van der Waals surface area (Å²) in [7, 11) is 0.